The first-order valence-corrected chi connectivity index (χ1v) is 6.36. The standard InChI is InChI=1S/C14H12ClN3O3/c15-12-7-17-5-4-11(12)14(20)18-9-2-1-3-10(6-9)21-8-13(16)19/h1-7H,8H2,(H2,16,19)(H,18,20). The van der Waals surface area contributed by atoms with E-state index in [0.29, 0.717) is 17.0 Å². The molecule has 2 amide bonds. The summed E-state index contributed by atoms with van der Waals surface area (Å²) < 4.78 is 5.16. The largest absolute Gasteiger partial charge is 0.484 e. The number of anilines is 1. The van der Waals surface area contributed by atoms with Crippen molar-refractivity contribution in [2.75, 3.05) is 11.9 Å². The van der Waals surface area contributed by atoms with E-state index >= 15 is 0 Å². The number of hydrogen-bond donors (Lipinski definition) is 2. The lowest BCUT2D eigenvalue weighted by molar-refractivity contribution is -0.119. The van der Waals surface area contributed by atoms with Crippen LogP contribution in [0.15, 0.2) is 42.7 Å². The lowest BCUT2D eigenvalue weighted by Crippen LogP contribution is -2.20. The summed E-state index contributed by atoms with van der Waals surface area (Å²) >= 11 is 5.90. The number of primary amides is 1. The zero-order valence-corrected chi connectivity index (χ0v) is 11.6. The van der Waals surface area contributed by atoms with Crippen molar-refractivity contribution in [2.45, 2.75) is 0 Å². The molecule has 108 valence electrons. The fourth-order valence-electron chi connectivity index (χ4n) is 1.58. The van der Waals surface area contributed by atoms with Gasteiger partial charge in [0, 0.05) is 24.1 Å². The van der Waals surface area contributed by atoms with Crippen LogP contribution < -0.4 is 15.8 Å². The van der Waals surface area contributed by atoms with Crippen molar-refractivity contribution in [3.63, 3.8) is 0 Å². The molecule has 0 aliphatic carbocycles. The molecule has 0 bridgehead atoms. The molecule has 1 aromatic carbocycles. The molecule has 0 saturated carbocycles. The van der Waals surface area contributed by atoms with Crippen LogP contribution in [0.3, 0.4) is 0 Å². The van der Waals surface area contributed by atoms with Crippen LogP contribution in [0.2, 0.25) is 5.02 Å². The van der Waals surface area contributed by atoms with Gasteiger partial charge in [-0.25, -0.2) is 0 Å². The highest BCUT2D eigenvalue weighted by molar-refractivity contribution is 6.34. The van der Waals surface area contributed by atoms with E-state index in [9.17, 15) is 9.59 Å². The monoisotopic (exact) mass is 305 g/mol. The second kappa shape index (κ2) is 6.71. The van der Waals surface area contributed by atoms with Crippen LogP contribution in [0.1, 0.15) is 10.4 Å². The summed E-state index contributed by atoms with van der Waals surface area (Å²) in [5.41, 5.74) is 5.82. The predicted octanol–water partition coefficient (Wildman–Crippen LogP) is 1.85. The number of rotatable bonds is 5. The number of nitrogens with two attached hydrogens (primary N) is 1. The molecule has 0 fully saturated rings. The maximum atomic E-state index is 12.1. The van der Waals surface area contributed by atoms with Gasteiger partial charge >= 0.3 is 0 Å². The molecule has 0 atom stereocenters. The van der Waals surface area contributed by atoms with Gasteiger partial charge in [0.1, 0.15) is 5.75 Å². The third-order valence-electron chi connectivity index (χ3n) is 2.49. The number of ether oxygens (including phenoxy) is 1. The number of benzene rings is 1. The molecule has 0 spiro atoms. The SMILES string of the molecule is NC(=O)COc1cccc(NC(=O)c2ccncc2Cl)c1. The third kappa shape index (κ3) is 4.19. The number of aromatic nitrogens is 1. The fraction of sp³-hybridized carbons (Fsp3) is 0.0714. The zero-order valence-electron chi connectivity index (χ0n) is 10.9. The Bertz CT molecular complexity index is 676. The number of hydrogen-bond acceptors (Lipinski definition) is 4. The fourth-order valence-corrected chi connectivity index (χ4v) is 1.78. The Labute approximate surface area is 125 Å². The lowest BCUT2D eigenvalue weighted by atomic mass is 10.2. The van der Waals surface area contributed by atoms with Crippen LogP contribution in [-0.2, 0) is 4.79 Å². The molecule has 1 aromatic heterocycles. The van der Waals surface area contributed by atoms with Gasteiger partial charge in [0.25, 0.3) is 11.8 Å². The summed E-state index contributed by atoms with van der Waals surface area (Å²) in [5.74, 6) is -0.519. The highest BCUT2D eigenvalue weighted by atomic mass is 35.5. The number of nitrogens with one attached hydrogen (secondary N) is 1. The van der Waals surface area contributed by atoms with Crippen LogP contribution >= 0.6 is 11.6 Å². The zero-order chi connectivity index (χ0) is 15.2. The van der Waals surface area contributed by atoms with Crippen LogP contribution in [0.5, 0.6) is 5.75 Å². The Balaban J connectivity index is 2.09. The molecule has 7 heteroatoms. The minimum atomic E-state index is -0.576. The smallest absolute Gasteiger partial charge is 0.257 e. The molecule has 1 heterocycles. The first-order valence-electron chi connectivity index (χ1n) is 5.98. The highest BCUT2D eigenvalue weighted by Gasteiger charge is 2.10. The van der Waals surface area contributed by atoms with Gasteiger partial charge in [0.2, 0.25) is 0 Å². The maximum Gasteiger partial charge on any atom is 0.257 e. The Morgan fingerprint density at radius 1 is 1.33 bits per heavy atom. The molecule has 0 aliphatic rings. The van der Waals surface area contributed by atoms with Gasteiger partial charge in [0.05, 0.1) is 10.6 Å². The first-order chi connectivity index (χ1) is 10.1. The van der Waals surface area contributed by atoms with Gasteiger partial charge in [0.15, 0.2) is 6.61 Å². The number of carbonyl (C=O) groups excluding carboxylic acids is 2. The Hall–Kier alpha value is -2.60. The average molecular weight is 306 g/mol. The van der Waals surface area contributed by atoms with Crippen LogP contribution in [0, 0.1) is 0 Å². The van der Waals surface area contributed by atoms with Gasteiger partial charge < -0.3 is 15.8 Å². The normalized spacial score (nSPS) is 9.95. The Morgan fingerprint density at radius 3 is 2.86 bits per heavy atom. The van der Waals surface area contributed by atoms with E-state index in [0.717, 1.165) is 0 Å². The quantitative estimate of drug-likeness (QED) is 0.881. The number of amides is 2. The van der Waals surface area contributed by atoms with Gasteiger partial charge in [-0.3, -0.25) is 14.6 Å². The van der Waals surface area contributed by atoms with Crippen molar-refractivity contribution < 1.29 is 14.3 Å². The lowest BCUT2D eigenvalue weighted by Gasteiger charge is -2.08. The summed E-state index contributed by atoms with van der Waals surface area (Å²) in [6.07, 6.45) is 2.87. The minimum absolute atomic E-state index is 0.229. The Morgan fingerprint density at radius 2 is 2.14 bits per heavy atom. The van der Waals surface area contributed by atoms with Crippen molar-refractivity contribution in [2.24, 2.45) is 5.73 Å². The van der Waals surface area contributed by atoms with E-state index < -0.39 is 5.91 Å². The van der Waals surface area contributed by atoms with Crippen LogP contribution in [0.25, 0.3) is 0 Å². The van der Waals surface area contributed by atoms with Crippen molar-refractivity contribution in [1.29, 1.82) is 0 Å². The average Bonchev–Trinajstić information content (AvgIpc) is 2.46. The van der Waals surface area contributed by atoms with Crippen LogP contribution in [0.4, 0.5) is 5.69 Å². The molecule has 21 heavy (non-hydrogen) atoms. The summed E-state index contributed by atoms with van der Waals surface area (Å²) in [6.45, 7) is -0.229. The van der Waals surface area contributed by atoms with Gasteiger partial charge in [-0.15, -0.1) is 0 Å². The molecule has 2 aromatic rings. The molecule has 6 nitrogen and oxygen atoms in total. The van der Waals surface area contributed by atoms with Crippen molar-refractivity contribution in [1.82, 2.24) is 4.98 Å². The van der Waals surface area contributed by atoms with E-state index in [-0.39, 0.29) is 17.5 Å². The van der Waals surface area contributed by atoms with Crippen LogP contribution in [-0.4, -0.2) is 23.4 Å². The highest BCUT2D eigenvalue weighted by Crippen LogP contribution is 2.20. The molecule has 0 radical (unpaired) electrons. The molecule has 0 unspecified atom stereocenters. The van der Waals surface area contributed by atoms with E-state index in [1.54, 1.807) is 24.3 Å². The van der Waals surface area contributed by atoms with Gasteiger partial charge in [-0.2, -0.15) is 0 Å². The minimum Gasteiger partial charge on any atom is -0.484 e. The van der Waals surface area contributed by atoms with Gasteiger partial charge in [-0.1, -0.05) is 17.7 Å². The number of halogens is 1. The third-order valence-corrected chi connectivity index (χ3v) is 2.79. The molecule has 0 aliphatic heterocycles. The topological polar surface area (TPSA) is 94.3 Å². The molecular formula is C14H12ClN3O3. The summed E-state index contributed by atoms with van der Waals surface area (Å²) in [5, 5.41) is 2.94. The van der Waals surface area contributed by atoms with E-state index in [1.165, 1.54) is 18.5 Å². The van der Waals surface area contributed by atoms with E-state index in [2.05, 4.69) is 10.3 Å². The number of nitrogens with zero attached hydrogens (tertiary/aromatic N) is 1. The second-order valence-corrected chi connectivity index (χ2v) is 4.50. The first kappa shape index (κ1) is 14.8. The molecule has 2 rings (SSSR count). The van der Waals surface area contributed by atoms with Crippen molar-refractivity contribution in [3.05, 3.63) is 53.3 Å². The van der Waals surface area contributed by atoms with E-state index in [4.69, 9.17) is 22.1 Å². The molecular weight excluding hydrogens is 294 g/mol. The predicted molar refractivity (Wildman–Crippen MR) is 78.3 cm³/mol. The maximum absolute atomic E-state index is 12.1. The van der Waals surface area contributed by atoms with Crippen molar-refractivity contribution in [3.8, 4) is 5.75 Å². The number of pyridine rings is 1. The van der Waals surface area contributed by atoms with Gasteiger partial charge in [-0.05, 0) is 18.2 Å². The summed E-state index contributed by atoms with van der Waals surface area (Å²) in [6, 6.07) is 8.11. The Kier molecular flexibility index (Phi) is 4.73. The molecule has 3 N–H and O–H groups in total. The number of carbonyl (C=O) groups is 2. The summed E-state index contributed by atoms with van der Waals surface area (Å²) in [4.78, 5) is 26.6. The van der Waals surface area contributed by atoms with Crippen molar-refractivity contribution >= 4 is 29.1 Å². The summed E-state index contributed by atoms with van der Waals surface area (Å²) in [7, 11) is 0. The second-order valence-electron chi connectivity index (χ2n) is 4.09. The molecule has 0 saturated heterocycles. The van der Waals surface area contributed by atoms with E-state index in [1.807, 2.05) is 0 Å².